The lowest BCUT2D eigenvalue weighted by atomic mass is 9.67. The van der Waals surface area contributed by atoms with Crippen LogP contribution in [0.3, 0.4) is 0 Å². The smallest absolute Gasteiger partial charge is 0.0719 e. The summed E-state index contributed by atoms with van der Waals surface area (Å²) in [7, 11) is 0. The van der Waals surface area contributed by atoms with E-state index in [1.807, 2.05) is 0 Å². The Morgan fingerprint density at radius 2 is 0.657 bits per heavy atom. The number of hydrogen-bond acceptors (Lipinski definition) is 1. The van der Waals surface area contributed by atoms with Gasteiger partial charge in [0.15, 0.2) is 0 Å². The minimum Gasteiger partial charge on any atom is -0.310 e. The molecule has 0 aromatic heterocycles. The lowest BCUT2D eigenvalue weighted by Gasteiger charge is -2.35. The van der Waals surface area contributed by atoms with Gasteiger partial charge in [-0.2, -0.15) is 0 Å². The number of fused-ring (bicyclic) bond motifs is 8. The van der Waals surface area contributed by atoms with Crippen molar-refractivity contribution in [3.63, 3.8) is 0 Å². The molecule has 0 bridgehead atoms. The Labute approximate surface area is 392 Å². The molecule has 2 aliphatic carbocycles. The Bertz CT molecular complexity index is 3520. The van der Waals surface area contributed by atoms with E-state index in [9.17, 15) is 0 Å². The Hall–Kier alpha value is -8.52. The first-order valence-corrected chi connectivity index (χ1v) is 23.3. The number of hydrogen-bond donors (Lipinski definition) is 0. The second kappa shape index (κ2) is 15.6. The fourth-order valence-corrected chi connectivity index (χ4v) is 11.9. The van der Waals surface area contributed by atoms with Gasteiger partial charge in [-0.15, -0.1) is 0 Å². The van der Waals surface area contributed by atoms with Crippen LogP contribution in [0.5, 0.6) is 0 Å². The first kappa shape index (κ1) is 38.9. The molecule has 13 rings (SSSR count). The molecular formula is C66H45N. The Kier molecular flexibility index (Phi) is 9.05. The van der Waals surface area contributed by atoms with Crippen molar-refractivity contribution in [2.24, 2.45) is 0 Å². The second-order valence-electron chi connectivity index (χ2n) is 17.9. The zero-order valence-electron chi connectivity index (χ0n) is 36.9. The van der Waals surface area contributed by atoms with Gasteiger partial charge in [0.1, 0.15) is 0 Å². The van der Waals surface area contributed by atoms with Crippen molar-refractivity contribution in [3.05, 3.63) is 317 Å². The van der Waals surface area contributed by atoms with Gasteiger partial charge in [0.2, 0.25) is 0 Å². The molecule has 1 nitrogen and oxygen atoms in total. The summed E-state index contributed by atoms with van der Waals surface area (Å²) in [5.74, 6) is 0. The molecule has 1 heteroatoms. The van der Waals surface area contributed by atoms with Crippen molar-refractivity contribution in [3.8, 4) is 33.4 Å². The van der Waals surface area contributed by atoms with Gasteiger partial charge in [-0.05, 0) is 125 Å². The van der Waals surface area contributed by atoms with Gasteiger partial charge >= 0.3 is 0 Å². The van der Waals surface area contributed by atoms with Crippen LogP contribution >= 0.6 is 0 Å². The van der Waals surface area contributed by atoms with Crippen molar-refractivity contribution in [2.45, 2.75) is 10.8 Å². The summed E-state index contributed by atoms with van der Waals surface area (Å²) in [6, 6.07) is 101. The summed E-state index contributed by atoms with van der Waals surface area (Å²) in [5.41, 5.74) is 20.0. The van der Waals surface area contributed by atoms with Gasteiger partial charge in [0.05, 0.1) is 10.8 Å². The van der Waals surface area contributed by atoms with Gasteiger partial charge in [0, 0.05) is 17.1 Å². The molecular weight excluding hydrogens is 807 g/mol. The maximum absolute atomic E-state index is 2.47. The van der Waals surface area contributed by atoms with Gasteiger partial charge in [-0.3, -0.25) is 0 Å². The zero-order valence-corrected chi connectivity index (χ0v) is 36.9. The van der Waals surface area contributed by atoms with E-state index < -0.39 is 10.8 Å². The lowest BCUT2D eigenvalue weighted by molar-refractivity contribution is 0.768. The third-order valence-electron chi connectivity index (χ3n) is 14.6. The monoisotopic (exact) mass is 851 g/mol. The number of rotatable bonds is 8. The average Bonchev–Trinajstić information content (AvgIpc) is 3.89. The predicted octanol–water partition coefficient (Wildman–Crippen LogP) is 16.7. The van der Waals surface area contributed by atoms with E-state index in [1.165, 1.54) is 88.7 Å². The van der Waals surface area contributed by atoms with E-state index in [1.54, 1.807) is 0 Å². The minimum atomic E-state index is -0.523. The fraction of sp³-hybridized carbons (Fsp3) is 0.0303. The first-order chi connectivity index (χ1) is 33.2. The van der Waals surface area contributed by atoms with Crippen molar-refractivity contribution in [1.29, 1.82) is 0 Å². The van der Waals surface area contributed by atoms with E-state index in [-0.39, 0.29) is 0 Å². The molecule has 0 aliphatic heterocycles. The molecule has 0 spiro atoms. The van der Waals surface area contributed by atoms with Crippen LogP contribution in [-0.2, 0) is 10.8 Å². The highest BCUT2D eigenvalue weighted by molar-refractivity contribution is 6.02. The van der Waals surface area contributed by atoms with Gasteiger partial charge in [0.25, 0.3) is 0 Å². The third kappa shape index (κ3) is 5.81. The largest absolute Gasteiger partial charge is 0.310 e. The average molecular weight is 852 g/mol. The Morgan fingerprint density at radius 3 is 1.24 bits per heavy atom. The van der Waals surface area contributed by atoms with Gasteiger partial charge < -0.3 is 4.90 Å². The van der Waals surface area contributed by atoms with Crippen LogP contribution in [0, 0.1) is 0 Å². The summed E-state index contributed by atoms with van der Waals surface area (Å²) in [6.07, 6.45) is 0. The quantitative estimate of drug-likeness (QED) is 0.147. The van der Waals surface area contributed by atoms with E-state index in [2.05, 4.69) is 278 Å². The highest BCUT2D eigenvalue weighted by Crippen LogP contribution is 2.60. The molecule has 0 saturated carbocycles. The molecule has 11 aromatic carbocycles. The van der Waals surface area contributed by atoms with Crippen molar-refractivity contribution in [1.82, 2.24) is 0 Å². The number of benzene rings is 11. The topological polar surface area (TPSA) is 3.24 Å². The van der Waals surface area contributed by atoms with E-state index >= 15 is 0 Å². The normalized spacial score (nSPS) is 13.6. The van der Waals surface area contributed by atoms with Crippen LogP contribution < -0.4 is 4.90 Å². The standard InChI is InChI=1S/C66H45N/c1-6-20-46(21-7-1)47-34-37-53(38-35-47)67(55-40-43-59-57-30-16-18-32-61(57)65(63(59)45-55,49-22-8-2-9-23-49)50-24-10-3-11-25-50)54-39-42-56-48(44-54)36-41-60-58-31-17-19-33-62(58)66(64(56)60,51-26-12-4-13-27-51)52-28-14-5-15-29-52/h1-45H. The first-order valence-electron chi connectivity index (χ1n) is 23.3. The molecule has 0 amide bonds. The molecule has 0 radical (unpaired) electrons. The number of anilines is 3. The lowest BCUT2D eigenvalue weighted by Crippen LogP contribution is -2.29. The highest BCUT2D eigenvalue weighted by Gasteiger charge is 2.48. The van der Waals surface area contributed by atoms with Crippen LogP contribution in [0.15, 0.2) is 273 Å². The Morgan fingerprint density at radius 1 is 0.254 bits per heavy atom. The summed E-state index contributed by atoms with van der Waals surface area (Å²) >= 11 is 0. The van der Waals surface area contributed by atoms with Crippen LogP contribution in [0.2, 0.25) is 0 Å². The molecule has 0 heterocycles. The van der Waals surface area contributed by atoms with Gasteiger partial charge in [-0.1, -0.05) is 237 Å². The number of nitrogens with zero attached hydrogens (tertiary/aromatic N) is 1. The summed E-state index contributed by atoms with van der Waals surface area (Å²) in [4.78, 5) is 2.46. The van der Waals surface area contributed by atoms with Crippen LogP contribution in [0.25, 0.3) is 44.2 Å². The molecule has 11 aromatic rings. The molecule has 314 valence electrons. The fourth-order valence-electron chi connectivity index (χ4n) is 11.9. The van der Waals surface area contributed by atoms with Crippen LogP contribution in [0.4, 0.5) is 17.1 Å². The predicted molar refractivity (Wildman–Crippen MR) is 279 cm³/mol. The van der Waals surface area contributed by atoms with Crippen molar-refractivity contribution in [2.75, 3.05) is 4.90 Å². The van der Waals surface area contributed by atoms with E-state index in [0.29, 0.717) is 0 Å². The highest BCUT2D eigenvalue weighted by atomic mass is 15.1. The SMILES string of the molecule is c1ccc(-c2ccc(N(c3ccc4c(c3)C(c3ccccc3)(c3ccccc3)c3ccccc3-4)c3ccc4c5c(ccc4c3)-c3ccccc3C5(c3ccccc3)c3ccccc3)cc2)cc1. The third-order valence-corrected chi connectivity index (χ3v) is 14.6. The summed E-state index contributed by atoms with van der Waals surface area (Å²) in [6.45, 7) is 0. The summed E-state index contributed by atoms with van der Waals surface area (Å²) in [5, 5.41) is 2.45. The van der Waals surface area contributed by atoms with E-state index in [4.69, 9.17) is 0 Å². The maximum atomic E-state index is 2.47. The zero-order chi connectivity index (χ0) is 44.4. The Balaban J connectivity index is 1.05. The molecule has 0 N–H and O–H groups in total. The van der Waals surface area contributed by atoms with Gasteiger partial charge in [-0.25, -0.2) is 0 Å². The molecule has 67 heavy (non-hydrogen) atoms. The molecule has 0 unspecified atom stereocenters. The second-order valence-corrected chi connectivity index (χ2v) is 17.9. The molecule has 0 atom stereocenters. The molecule has 2 aliphatic rings. The van der Waals surface area contributed by atoms with Crippen LogP contribution in [-0.4, -0.2) is 0 Å². The van der Waals surface area contributed by atoms with Crippen molar-refractivity contribution >= 4 is 27.8 Å². The molecule has 0 fully saturated rings. The van der Waals surface area contributed by atoms with Crippen molar-refractivity contribution < 1.29 is 0 Å². The molecule has 0 saturated heterocycles. The minimum absolute atomic E-state index is 0.504. The maximum Gasteiger partial charge on any atom is 0.0719 e. The van der Waals surface area contributed by atoms with E-state index in [0.717, 1.165) is 17.1 Å². The summed E-state index contributed by atoms with van der Waals surface area (Å²) < 4.78 is 0. The van der Waals surface area contributed by atoms with Crippen LogP contribution in [0.1, 0.15) is 44.5 Å².